The molecule has 2 aliphatic heterocycles. The van der Waals surface area contributed by atoms with E-state index >= 15 is 0 Å². The van der Waals surface area contributed by atoms with Crippen LogP contribution in [0.15, 0.2) is 29.3 Å². The van der Waals surface area contributed by atoms with Gasteiger partial charge in [0.05, 0.1) is 12.1 Å². The molecule has 1 aromatic carbocycles. The van der Waals surface area contributed by atoms with Crippen molar-refractivity contribution < 1.29 is 22.8 Å². The number of aliphatic imine (C=N–C) groups is 1. The van der Waals surface area contributed by atoms with E-state index in [9.17, 15) is 22.8 Å². The molecule has 9 heteroatoms. The fraction of sp³-hybridized carbons (Fsp3) is 0.357. The number of hydrogen-bond acceptors (Lipinski definition) is 4. The fourth-order valence-electron chi connectivity index (χ4n) is 2.34. The summed E-state index contributed by atoms with van der Waals surface area (Å²) in [4.78, 5) is 29.7. The first-order valence-corrected chi connectivity index (χ1v) is 7.72. The second-order valence-corrected chi connectivity index (χ2v) is 6.26. The molecule has 1 aromatic rings. The topological polar surface area (TPSA) is 61.8 Å². The Labute approximate surface area is 133 Å². The molecule has 0 bridgehead atoms. The Hall–Kier alpha value is -2.03. The summed E-state index contributed by atoms with van der Waals surface area (Å²) < 4.78 is 37.4. The van der Waals surface area contributed by atoms with E-state index < -0.39 is 22.9 Å². The maximum Gasteiger partial charge on any atom is 0.416 e. The number of benzene rings is 1. The minimum Gasteiger partial charge on any atom is -0.326 e. The largest absolute Gasteiger partial charge is 0.416 e. The molecule has 2 heterocycles. The van der Waals surface area contributed by atoms with Crippen molar-refractivity contribution in [2.24, 2.45) is 4.99 Å². The van der Waals surface area contributed by atoms with Gasteiger partial charge in [0.15, 0.2) is 5.17 Å². The van der Waals surface area contributed by atoms with Crippen LogP contribution in [0.3, 0.4) is 0 Å². The first kappa shape index (κ1) is 15.9. The van der Waals surface area contributed by atoms with Crippen molar-refractivity contribution >= 4 is 34.4 Å². The number of carbonyl (C=O) groups is 2. The molecule has 0 radical (unpaired) electrons. The van der Waals surface area contributed by atoms with Crippen molar-refractivity contribution in [2.45, 2.75) is 17.8 Å². The van der Waals surface area contributed by atoms with Gasteiger partial charge in [0.25, 0.3) is 0 Å². The summed E-state index contributed by atoms with van der Waals surface area (Å²) in [6.45, 7) is 1.12. The van der Waals surface area contributed by atoms with Crippen molar-refractivity contribution in [1.29, 1.82) is 0 Å². The lowest BCUT2D eigenvalue weighted by atomic mass is 10.2. The average molecular weight is 343 g/mol. The Morgan fingerprint density at radius 2 is 2.04 bits per heavy atom. The number of alkyl halides is 3. The van der Waals surface area contributed by atoms with Crippen molar-refractivity contribution in [3.05, 3.63) is 29.8 Å². The zero-order valence-electron chi connectivity index (χ0n) is 11.8. The highest BCUT2D eigenvalue weighted by Crippen LogP contribution is 2.32. The van der Waals surface area contributed by atoms with Gasteiger partial charge < -0.3 is 5.32 Å². The third-order valence-corrected chi connectivity index (χ3v) is 4.67. The van der Waals surface area contributed by atoms with Crippen molar-refractivity contribution in [1.82, 2.24) is 4.90 Å². The van der Waals surface area contributed by atoms with Gasteiger partial charge in [-0.1, -0.05) is 11.8 Å². The van der Waals surface area contributed by atoms with Gasteiger partial charge in [0.1, 0.15) is 5.25 Å². The Morgan fingerprint density at radius 3 is 2.65 bits per heavy atom. The first-order chi connectivity index (χ1) is 10.8. The Bertz CT molecular complexity index is 673. The molecule has 1 unspecified atom stereocenters. The second kappa shape index (κ2) is 5.88. The zero-order chi connectivity index (χ0) is 16.6. The predicted octanol–water partition coefficient (Wildman–Crippen LogP) is 2.35. The van der Waals surface area contributed by atoms with Crippen molar-refractivity contribution in [3.63, 3.8) is 0 Å². The number of amides is 2. The number of anilines is 1. The summed E-state index contributed by atoms with van der Waals surface area (Å²) >= 11 is 1.25. The summed E-state index contributed by atoms with van der Waals surface area (Å²) in [6.07, 6.45) is -4.46. The van der Waals surface area contributed by atoms with Crippen LogP contribution in [-0.2, 0) is 15.8 Å². The molecule has 1 atom stereocenters. The lowest BCUT2D eigenvalue weighted by Gasteiger charge is -2.11. The number of amidine groups is 1. The van der Waals surface area contributed by atoms with Crippen molar-refractivity contribution in [3.8, 4) is 0 Å². The molecule has 2 aliphatic rings. The number of halogens is 3. The van der Waals surface area contributed by atoms with Gasteiger partial charge in [-0.15, -0.1) is 0 Å². The maximum atomic E-state index is 12.5. The third-order valence-electron chi connectivity index (χ3n) is 3.46. The fourth-order valence-corrected chi connectivity index (χ4v) is 3.53. The molecule has 0 aromatic heterocycles. The average Bonchev–Trinajstić information content (AvgIpc) is 3.03. The molecule has 5 nitrogen and oxygen atoms in total. The molecule has 1 saturated heterocycles. The Kier molecular flexibility index (Phi) is 4.05. The predicted molar refractivity (Wildman–Crippen MR) is 80.1 cm³/mol. The van der Waals surface area contributed by atoms with Gasteiger partial charge >= 0.3 is 6.18 Å². The number of nitrogens with zero attached hydrogens (tertiary/aromatic N) is 2. The standard InChI is InChI=1S/C14H12F3N3O2S/c15-14(16,17)8-1-3-9(4-2-8)19-11(21)7-10-12(22)20-6-5-18-13(20)23-10/h1-4,10H,5-7H2,(H,19,21). The van der Waals surface area contributed by atoms with Crippen LogP contribution in [0.4, 0.5) is 18.9 Å². The summed E-state index contributed by atoms with van der Waals surface area (Å²) in [7, 11) is 0. The summed E-state index contributed by atoms with van der Waals surface area (Å²) in [5, 5.41) is 2.62. The van der Waals surface area contributed by atoms with Gasteiger partial charge in [-0.25, -0.2) is 0 Å². The highest BCUT2D eigenvalue weighted by atomic mass is 32.2. The van der Waals surface area contributed by atoms with Crippen LogP contribution in [0, 0.1) is 0 Å². The Morgan fingerprint density at radius 1 is 1.35 bits per heavy atom. The number of thioether (sulfide) groups is 1. The minimum absolute atomic E-state index is 0.0416. The van der Waals surface area contributed by atoms with E-state index in [-0.39, 0.29) is 18.0 Å². The van der Waals surface area contributed by atoms with Gasteiger partial charge in [-0.2, -0.15) is 13.2 Å². The van der Waals surface area contributed by atoms with Crippen molar-refractivity contribution in [2.75, 3.05) is 18.4 Å². The first-order valence-electron chi connectivity index (χ1n) is 6.84. The number of hydrogen-bond donors (Lipinski definition) is 1. The van der Waals surface area contributed by atoms with Crippen LogP contribution in [0.5, 0.6) is 0 Å². The molecular formula is C14H12F3N3O2S. The third kappa shape index (κ3) is 3.34. The summed E-state index contributed by atoms with van der Waals surface area (Å²) in [6, 6.07) is 4.17. The van der Waals surface area contributed by atoms with Crippen LogP contribution in [-0.4, -0.2) is 40.2 Å². The number of fused-ring (bicyclic) bond motifs is 1. The smallest absolute Gasteiger partial charge is 0.326 e. The number of rotatable bonds is 3. The maximum absolute atomic E-state index is 12.5. The highest BCUT2D eigenvalue weighted by Gasteiger charge is 2.40. The van der Waals surface area contributed by atoms with E-state index in [0.717, 1.165) is 12.1 Å². The molecule has 23 heavy (non-hydrogen) atoms. The molecular weight excluding hydrogens is 331 g/mol. The van der Waals surface area contributed by atoms with Gasteiger partial charge in [0, 0.05) is 18.7 Å². The van der Waals surface area contributed by atoms with Gasteiger partial charge in [-0.3, -0.25) is 19.5 Å². The number of nitrogens with one attached hydrogen (secondary N) is 1. The second-order valence-electron chi connectivity index (χ2n) is 5.09. The quantitative estimate of drug-likeness (QED) is 0.916. The van der Waals surface area contributed by atoms with Crippen LogP contribution in [0.1, 0.15) is 12.0 Å². The van der Waals surface area contributed by atoms with E-state index in [1.807, 2.05) is 0 Å². The molecule has 1 N–H and O–H groups in total. The monoisotopic (exact) mass is 343 g/mol. The van der Waals surface area contributed by atoms with Gasteiger partial charge in [0.2, 0.25) is 11.8 Å². The summed E-state index contributed by atoms with van der Waals surface area (Å²) in [5.41, 5.74) is -0.521. The SMILES string of the molecule is O=C(CC1SC2=NCCN2C1=O)Nc1ccc(C(F)(F)F)cc1. The number of carbonyl (C=O) groups excluding carboxylic acids is 2. The van der Waals surface area contributed by atoms with E-state index in [1.165, 1.54) is 23.9 Å². The van der Waals surface area contributed by atoms with E-state index in [4.69, 9.17) is 0 Å². The van der Waals surface area contributed by atoms with Gasteiger partial charge in [-0.05, 0) is 24.3 Å². The zero-order valence-corrected chi connectivity index (χ0v) is 12.6. The van der Waals surface area contributed by atoms with Crippen LogP contribution >= 0.6 is 11.8 Å². The van der Waals surface area contributed by atoms with Crippen LogP contribution < -0.4 is 5.32 Å². The molecule has 1 fully saturated rings. The highest BCUT2D eigenvalue weighted by molar-refractivity contribution is 8.15. The molecule has 0 aliphatic carbocycles. The van der Waals surface area contributed by atoms with Crippen LogP contribution in [0.2, 0.25) is 0 Å². The molecule has 3 rings (SSSR count). The normalized spacial score (nSPS) is 20.5. The van der Waals surface area contributed by atoms with E-state index in [1.54, 1.807) is 4.90 Å². The minimum atomic E-state index is -4.41. The summed E-state index contributed by atoms with van der Waals surface area (Å²) in [5.74, 6) is -0.564. The lowest BCUT2D eigenvalue weighted by Crippen LogP contribution is -2.32. The van der Waals surface area contributed by atoms with Crippen LogP contribution in [0.25, 0.3) is 0 Å². The molecule has 2 amide bonds. The molecule has 122 valence electrons. The van der Waals surface area contributed by atoms with E-state index in [0.29, 0.717) is 18.3 Å². The molecule has 0 spiro atoms. The molecule has 0 saturated carbocycles. The lowest BCUT2D eigenvalue weighted by molar-refractivity contribution is -0.137. The van der Waals surface area contributed by atoms with E-state index in [2.05, 4.69) is 10.3 Å². The Balaban J connectivity index is 1.59.